The first-order chi connectivity index (χ1) is 10.7. The molecule has 126 valence electrons. The number of benzene rings is 1. The van der Waals surface area contributed by atoms with Gasteiger partial charge in [-0.05, 0) is 58.2 Å². The highest BCUT2D eigenvalue weighted by atomic mass is 16.6. The van der Waals surface area contributed by atoms with Gasteiger partial charge in [0, 0.05) is 19.3 Å². The SMILES string of the molecule is Cc1cccc(N(C)C(=O)[C@@H]2CCCN2C(=O)OC(C)(C)C)c1. The third-order valence-corrected chi connectivity index (χ3v) is 3.89. The maximum atomic E-state index is 12.8. The number of carbonyl (C=O) groups is 2. The van der Waals surface area contributed by atoms with Crippen molar-refractivity contribution >= 4 is 17.7 Å². The lowest BCUT2D eigenvalue weighted by Crippen LogP contribution is -2.48. The number of anilines is 1. The summed E-state index contributed by atoms with van der Waals surface area (Å²) in [7, 11) is 1.75. The van der Waals surface area contributed by atoms with Crippen LogP contribution in [0.5, 0.6) is 0 Å². The number of nitrogens with zero attached hydrogens (tertiary/aromatic N) is 2. The molecule has 1 aromatic rings. The monoisotopic (exact) mass is 318 g/mol. The molecule has 0 bridgehead atoms. The van der Waals surface area contributed by atoms with E-state index in [0.717, 1.165) is 17.7 Å². The second-order valence-electron chi connectivity index (χ2n) is 7.07. The third-order valence-electron chi connectivity index (χ3n) is 3.89. The zero-order valence-corrected chi connectivity index (χ0v) is 14.6. The lowest BCUT2D eigenvalue weighted by molar-refractivity contribution is -0.122. The van der Waals surface area contributed by atoms with Crippen LogP contribution in [0.15, 0.2) is 24.3 Å². The van der Waals surface area contributed by atoms with Crippen LogP contribution >= 0.6 is 0 Å². The number of rotatable bonds is 2. The van der Waals surface area contributed by atoms with Crippen LogP contribution in [0.1, 0.15) is 39.2 Å². The predicted molar refractivity (Wildman–Crippen MR) is 90.6 cm³/mol. The molecule has 1 fully saturated rings. The first-order valence-electron chi connectivity index (χ1n) is 8.03. The van der Waals surface area contributed by atoms with Crippen molar-refractivity contribution in [2.24, 2.45) is 0 Å². The maximum Gasteiger partial charge on any atom is 0.410 e. The number of ether oxygens (including phenoxy) is 1. The van der Waals surface area contributed by atoms with E-state index in [9.17, 15) is 9.59 Å². The molecule has 5 nitrogen and oxygen atoms in total. The smallest absolute Gasteiger partial charge is 0.410 e. The number of likely N-dealkylation sites (tertiary alicyclic amines) is 1. The van der Waals surface area contributed by atoms with Crippen LogP contribution in [0.2, 0.25) is 0 Å². The molecule has 2 amide bonds. The molecular formula is C18H26N2O3. The van der Waals surface area contributed by atoms with Gasteiger partial charge in [-0.1, -0.05) is 12.1 Å². The highest BCUT2D eigenvalue weighted by molar-refractivity contribution is 5.98. The number of hydrogen-bond donors (Lipinski definition) is 0. The van der Waals surface area contributed by atoms with Crippen LogP contribution in [-0.2, 0) is 9.53 Å². The third kappa shape index (κ3) is 4.24. The van der Waals surface area contributed by atoms with Crippen LogP contribution in [0, 0.1) is 6.92 Å². The summed E-state index contributed by atoms with van der Waals surface area (Å²) in [4.78, 5) is 28.3. The van der Waals surface area contributed by atoms with Crippen LogP contribution in [-0.4, -0.2) is 42.1 Å². The second-order valence-corrected chi connectivity index (χ2v) is 7.07. The van der Waals surface area contributed by atoms with E-state index in [4.69, 9.17) is 4.74 Å². The molecule has 1 atom stereocenters. The van der Waals surface area contributed by atoms with Gasteiger partial charge in [0.05, 0.1) is 0 Å². The Balaban J connectivity index is 2.12. The minimum Gasteiger partial charge on any atom is -0.444 e. The Morgan fingerprint density at radius 1 is 1.30 bits per heavy atom. The highest BCUT2D eigenvalue weighted by Gasteiger charge is 2.38. The fourth-order valence-corrected chi connectivity index (χ4v) is 2.75. The van der Waals surface area contributed by atoms with E-state index < -0.39 is 17.7 Å². The van der Waals surface area contributed by atoms with Crippen molar-refractivity contribution in [3.05, 3.63) is 29.8 Å². The van der Waals surface area contributed by atoms with Crippen LogP contribution in [0.3, 0.4) is 0 Å². The topological polar surface area (TPSA) is 49.9 Å². The van der Waals surface area contributed by atoms with Crippen LogP contribution in [0.25, 0.3) is 0 Å². The lowest BCUT2D eigenvalue weighted by atomic mass is 10.1. The Morgan fingerprint density at radius 2 is 2.00 bits per heavy atom. The lowest BCUT2D eigenvalue weighted by Gasteiger charge is -2.30. The summed E-state index contributed by atoms with van der Waals surface area (Å²) in [5.74, 6) is -0.0704. The van der Waals surface area contributed by atoms with Gasteiger partial charge < -0.3 is 9.64 Å². The molecule has 2 rings (SSSR count). The molecule has 23 heavy (non-hydrogen) atoms. The summed E-state index contributed by atoms with van der Waals surface area (Å²) in [6.07, 6.45) is 1.08. The van der Waals surface area contributed by atoms with Crippen molar-refractivity contribution < 1.29 is 14.3 Å². The molecule has 0 aromatic heterocycles. The number of hydrogen-bond acceptors (Lipinski definition) is 3. The molecule has 1 heterocycles. The fourth-order valence-electron chi connectivity index (χ4n) is 2.75. The normalized spacial score (nSPS) is 18.0. The largest absolute Gasteiger partial charge is 0.444 e. The molecule has 0 spiro atoms. The average Bonchev–Trinajstić information content (AvgIpc) is 2.93. The molecule has 0 unspecified atom stereocenters. The average molecular weight is 318 g/mol. The number of carbonyl (C=O) groups excluding carboxylic acids is 2. The molecule has 0 N–H and O–H groups in total. The van der Waals surface area contributed by atoms with Crippen molar-refractivity contribution in [2.45, 2.75) is 52.2 Å². The summed E-state index contributed by atoms with van der Waals surface area (Å²) in [6.45, 7) is 8.04. The molecule has 0 aliphatic carbocycles. The van der Waals surface area contributed by atoms with Crippen LogP contribution in [0.4, 0.5) is 10.5 Å². The molecule has 0 saturated carbocycles. The Kier molecular flexibility index (Phi) is 4.97. The molecular weight excluding hydrogens is 292 g/mol. The van der Waals surface area contributed by atoms with E-state index >= 15 is 0 Å². The van der Waals surface area contributed by atoms with Gasteiger partial charge in [-0.15, -0.1) is 0 Å². The first-order valence-corrected chi connectivity index (χ1v) is 8.03. The van der Waals surface area contributed by atoms with E-state index in [1.54, 1.807) is 16.8 Å². The van der Waals surface area contributed by atoms with E-state index in [2.05, 4.69) is 0 Å². The number of likely N-dealkylation sites (N-methyl/N-ethyl adjacent to an activating group) is 1. The van der Waals surface area contributed by atoms with Gasteiger partial charge in [0.25, 0.3) is 0 Å². The van der Waals surface area contributed by atoms with Crippen molar-refractivity contribution in [2.75, 3.05) is 18.5 Å². The van der Waals surface area contributed by atoms with Crippen molar-refractivity contribution in [1.82, 2.24) is 4.90 Å². The van der Waals surface area contributed by atoms with E-state index in [1.807, 2.05) is 52.0 Å². The van der Waals surface area contributed by atoms with Crippen molar-refractivity contribution in [3.63, 3.8) is 0 Å². The summed E-state index contributed by atoms with van der Waals surface area (Å²) in [5, 5.41) is 0. The molecule has 1 aromatic carbocycles. The summed E-state index contributed by atoms with van der Waals surface area (Å²) < 4.78 is 5.42. The summed E-state index contributed by atoms with van der Waals surface area (Å²) in [6, 6.07) is 7.33. The predicted octanol–water partition coefficient (Wildman–Crippen LogP) is 3.36. The Morgan fingerprint density at radius 3 is 2.61 bits per heavy atom. The van der Waals surface area contributed by atoms with Crippen molar-refractivity contribution in [1.29, 1.82) is 0 Å². The van der Waals surface area contributed by atoms with Crippen molar-refractivity contribution in [3.8, 4) is 0 Å². The van der Waals surface area contributed by atoms with Crippen LogP contribution < -0.4 is 4.90 Å². The number of amides is 2. The maximum absolute atomic E-state index is 12.8. The zero-order chi connectivity index (χ0) is 17.2. The Hall–Kier alpha value is -2.04. The van der Waals surface area contributed by atoms with Gasteiger partial charge in [0.2, 0.25) is 5.91 Å². The fraction of sp³-hybridized carbons (Fsp3) is 0.556. The zero-order valence-electron chi connectivity index (χ0n) is 14.6. The van der Waals surface area contributed by atoms with Gasteiger partial charge in [-0.3, -0.25) is 9.69 Å². The van der Waals surface area contributed by atoms with Gasteiger partial charge in [0.15, 0.2) is 0 Å². The summed E-state index contributed by atoms with van der Waals surface area (Å²) in [5.41, 5.74) is 1.37. The number of aryl methyl sites for hydroxylation is 1. The molecule has 5 heteroatoms. The Bertz CT molecular complexity index is 592. The van der Waals surface area contributed by atoms with Gasteiger partial charge in [-0.2, -0.15) is 0 Å². The van der Waals surface area contributed by atoms with Gasteiger partial charge in [0.1, 0.15) is 11.6 Å². The quantitative estimate of drug-likeness (QED) is 0.840. The first kappa shape index (κ1) is 17.3. The summed E-state index contributed by atoms with van der Waals surface area (Å²) >= 11 is 0. The molecule has 0 radical (unpaired) electrons. The second kappa shape index (κ2) is 6.60. The minimum atomic E-state index is -0.560. The standard InChI is InChI=1S/C18H26N2O3/c1-13-8-6-9-14(12-13)19(5)16(21)15-10-7-11-20(15)17(22)23-18(2,3)4/h6,8-9,12,15H,7,10-11H2,1-5H3/t15-/m0/s1. The molecule has 1 aliphatic rings. The van der Waals surface area contributed by atoms with E-state index in [0.29, 0.717) is 13.0 Å². The molecule has 1 saturated heterocycles. The van der Waals surface area contributed by atoms with Gasteiger partial charge in [-0.25, -0.2) is 4.79 Å². The Labute approximate surface area is 138 Å². The highest BCUT2D eigenvalue weighted by Crippen LogP contribution is 2.24. The molecule has 1 aliphatic heterocycles. The van der Waals surface area contributed by atoms with E-state index in [1.165, 1.54) is 0 Å². The minimum absolute atomic E-state index is 0.0704. The van der Waals surface area contributed by atoms with Gasteiger partial charge >= 0.3 is 6.09 Å². The van der Waals surface area contributed by atoms with E-state index in [-0.39, 0.29) is 5.91 Å².